The van der Waals surface area contributed by atoms with Gasteiger partial charge < -0.3 is 12.7 Å². The summed E-state index contributed by atoms with van der Waals surface area (Å²) in [5.74, 6) is 0.781. The first-order valence-corrected chi connectivity index (χ1v) is 5.31. The summed E-state index contributed by atoms with van der Waals surface area (Å²) in [6.45, 7) is 9.29. The molecule has 0 fully saturated rings. The molecule has 0 radical (unpaired) electrons. The zero-order chi connectivity index (χ0) is 9.72. The zero-order valence-electron chi connectivity index (χ0n) is 9.24. The smallest absolute Gasteiger partial charge is 0.409 e. The van der Waals surface area contributed by atoms with E-state index in [1.54, 1.807) is 0 Å². The Morgan fingerprint density at radius 2 is 1.31 bits per heavy atom. The molecule has 0 aromatic rings. The first-order valence-electron chi connectivity index (χ1n) is 4.27. The van der Waals surface area contributed by atoms with Crippen LogP contribution in [0.5, 0.6) is 0 Å². The largest absolute Gasteiger partial charge is 1.00 e. The molecule has 0 bridgehead atoms. The van der Waals surface area contributed by atoms with E-state index in [1.165, 1.54) is 4.31 Å². The molecule has 0 unspecified atom stereocenters. The summed E-state index contributed by atoms with van der Waals surface area (Å²) in [5, 5.41) is 0. The fourth-order valence-electron chi connectivity index (χ4n) is 1.01. The summed E-state index contributed by atoms with van der Waals surface area (Å²) < 4.78 is 22.9. The molecule has 0 rings (SSSR count). The van der Waals surface area contributed by atoms with Crippen LogP contribution < -0.4 is 58.2 Å². The molecule has 0 aliphatic rings. The van der Waals surface area contributed by atoms with Gasteiger partial charge in [-0.15, -0.1) is 0 Å². The SMILES string of the molecule is CC(C)CN(CC(C)C)[S-](=O)=O.[Rb+]. The van der Waals surface area contributed by atoms with Crippen molar-refractivity contribution in [2.45, 2.75) is 27.7 Å². The molecular weight excluding hydrogens is 260 g/mol. The molecule has 0 aromatic heterocycles. The molecule has 0 amide bonds. The van der Waals surface area contributed by atoms with Crippen LogP contribution in [-0.2, 0) is 19.3 Å². The van der Waals surface area contributed by atoms with Crippen molar-refractivity contribution in [3.63, 3.8) is 0 Å². The van der Waals surface area contributed by atoms with Crippen LogP contribution in [0.4, 0.5) is 0 Å². The van der Waals surface area contributed by atoms with Crippen LogP contribution in [0.1, 0.15) is 27.7 Å². The number of hydrogen-bond acceptors (Lipinski definition) is 3. The Morgan fingerprint density at radius 1 is 1.00 bits per heavy atom. The fourth-order valence-corrected chi connectivity index (χ4v) is 1.85. The van der Waals surface area contributed by atoms with Crippen molar-refractivity contribution < 1.29 is 66.6 Å². The topological polar surface area (TPSA) is 37.4 Å². The molecule has 0 saturated heterocycles. The monoisotopic (exact) mass is 277 g/mol. The van der Waals surface area contributed by atoms with Crippen LogP contribution >= 0.6 is 0 Å². The maximum atomic E-state index is 10.7. The summed E-state index contributed by atoms with van der Waals surface area (Å²) in [6.07, 6.45) is 0. The van der Waals surface area contributed by atoms with E-state index in [0.29, 0.717) is 24.9 Å². The summed E-state index contributed by atoms with van der Waals surface area (Å²) in [6, 6.07) is 0. The molecule has 0 aliphatic heterocycles. The standard InChI is InChI=1S/C8H18NO2S.Rb/c1-7(2)5-9(12(10)11)6-8(3)4;/h7-8H,5-6H2,1-4H3;/q-1;+1. The van der Waals surface area contributed by atoms with Gasteiger partial charge in [0.15, 0.2) is 0 Å². The van der Waals surface area contributed by atoms with Crippen molar-refractivity contribution >= 4 is 10.9 Å². The Morgan fingerprint density at radius 3 is 1.46 bits per heavy atom. The Bertz CT molecular complexity index is 175. The molecular formula is C8H18NO2RbS. The van der Waals surface area contributed by atoms with Crippen LogP contribution in [0.2, 0.25) is 0 Å². The van der Waals surface area contributed by atoms with Gasteiger partial charge in [0.1, 0.15) is 0 Å². The third-order valence-electron chi connectivity index (χ3n) is 1.35. The number of hydrogen-bond donors (Lipinski definition) is 0. The van der Waals surface area contributed by atoms with E-state index in [-0.39, 0.29) is 58.2 Å². The van der Waals surface area contributed by atoms with Crippen LogP contribution in [0.25, 0.3) is 0 Å². The molecule has 13 heavy (non-hydrogen) atoms. The van der Waals surface area contributed by atoms with Gasteiger partial charge in [-0.25, -0.2) is 0 Å². The molecule has 0 aliphatic carbocycles. The van der Waals surface area contributed by atoms with E-state index >= 15 is 0 Å². The van der Waals surface area contributed by atoms with E-state index in [0.717, 1.165) is 0 Å². The molecule has 74 valence electrons. The molecule has 0 spiro atoms. The summed E-state index contributed by atoms with van der Waals surface area (Å²) in [7, 11) is -2.06. The molecule has 5 heteroatoms. The Balaban J connectivity index is 0. The van der Waals surface area contributed by atoms with Crippen molar-refractivity contribution in [2.75, 3.05) is 13.1 Å². The number of nitrogens with zero attached hydrogens (tertiary/aromatic N) is 1. The molecule has 3 nitrogen and oxygen atoms in total. The third kappa shape index (κ3) is 10.0. The van der Waals surface area contributed by atoms with Gasteiger partial charge >= 0.3 is 58.2 Å². The maximum Gasteiger partial charge on any atom is 1.00 e. The average molecular weight is 278 g/mol. The van der Waals surface area contributed by atoms with E-state index < -0.39 is 10.9 Å². The Labute approximate surface area is 132 Å². The van der Waals surface area contributed by atoms with Gasteiger partial charge in [0.25, 0.3) is 0 Å². The van der Waals surface area contributed by atoms with E-state index in [4.69, 9.17) is 0 Å². The van der Waals surface area contributed by atoms with Gasteiger partial charge in [-0.2, -0.15) is 0 Å². The van der Waals surface area contributed by atoms with Gasteiger partial charge in [0.05, 0.1) is 0 Å². The van der Waals surface area contributed by atoms with Crippen LogP contribution in [0.15, 0.2) is 0 Å². The predicted molar refractivity (Wildman–Crippen MR) is 50.0 cm³/mol. The minimum atomic E-state index is -2.06. The molecule has 0 atom stereocenters. The second kappa shape index (κ2) is 8.98. The molecule has 0 heterocycles. The predicted octanol–water partition coefficient (Wildman–Crippen LogP) is -1.17. The molecule has 0 saturated carbocycles. The van der Waals surface area contributed by atoms with Crippen molar-refractivity contribution in [2.24, 2.45) is 11.8 Å². The summed E-state index contributed by atoms with van der Waals surface area (Å²) in [4.78, 5) is 0. The maximum absolute atomic E-state index is 10.7. The summed E-state index contributed by atoms with van der Waals surface area (Å²) >= 11 is 0. The van der Waals surface area contributed by atoms with Gasteiger partial charge in [-0.1, -0.05) is 27.7 Å². The first kappa shape index (κ1) is 17.1. The van der Waals surface area contributed by atoms with E-state index in [9.17, 15) is 8.42 Å². The second-order valence-corrected chi connectivity index (χ2v) is 4.80. The minimum absolute atomic E-state index is 0. The average Bonchev–Trinajstić information content (AvgIpc) is 1.83. The quantitative estimate of drug-likeness (QED) is 0.594. The van der Waals surface area contributed by atoms with Crippen LogP contribution in [-0.4, -0.2) is 17.4 Å². The third-order valence-corrected chi connectivity index (χ3v) is 2.07. The zero-order valence-corrected chi connectivity index (χ0v) is 15.0. The van der Waals surface area contributed by atoms with Crippen molar-refractivity contribution in [1.82, 2.24) is 4.31 Å². The molecule has 0 aromatic carbocycles. The second-order valence-electron chi connectivity index (χ2n) is 3.85. The van der Waals surface area contributed by atoms with Gasteiger partial charge in [-0.3, -0.25) is 0 Å². The van der Waals surface area contributed by atoms with Crippen molar-refractivity contribution in [1.29, 1.82) is 0 Å². The minimum Gasteiger partial charge on any atom is -0.409 e. The van der Waals surface area contributed by atoms with Crippen molar-refractivity contribution in [3.05, 3.63) is 0 Å². The Kier molecular flexibility index (Phi) is 11.8. The van der Waals surface area contributed by atoms with E-state index in [2.05, 4.69) is 0 Å². The van der Waals surface area contributed by atoms with Crippen molar-refractivity contribution in [3.8, 4) is 0 Å². The first-order chi connectivity index (χ1) is 5.43. The number of rotatable bonds is 5. The van der Waals surface area contributed by atoms with E-state index in [1.807, 2.05) is 27.7 Å². The normalized spacial score (nSPS) is 11.4. The molecule has 0 N–H and O–H groups in total. The Hall–Kier alpha value is 1.72. The van der Waals surface area contributed by atoms with Gasteiger partial charge in [0, 0.05) is 0 Å². The van der Waals surface area contributed by atoms with Crippen LogP contribution in [0.3, 0.4) is 0 Å². The van der Waals surface area contributed by atoms with Gasteiger partial charge in [-0.05, 0) is 35.8 Å². The van der Waals surface area contributed by atoms with Gasteiger partial charge in [0.2, 0.25) is 0 Å². The fraction of sp³-hybridized carbons (Fsp3) is 1.00. The van der Waals surface area contributed by atoms with Crippen LogP contribution in [0, 0.1) is 11.8 Å². The summed E-state index contributed by atoms with van der Waals surface area (Å²) in [5.41, 5.74) is 0.